The van der Waals surface area contributed by atoms with Gasteiger partial charge < -0.3 is 5.32 Å². The Morgan fingerprint density at radius 2 is 2.18 bits per heavy atom. The van der Waals surface area contributed by atoms with Crippen molar-refractivity contribution in [3.63, 3.8) is 0 Å². The van der Waals surface area contributed by atoms with Crippen molar-refractivity contribution in [3.8, 4) is 0 Å². The first-order chi connectivity index (χ1) is 8.34. The average Bonchev–Trinajstić information content (AvgIpc) is 2.36. The lowest BCUT2D eigenvalue weighted by Crippen LogP contribution is -2.27. The van der Waals surface area contributed by atoms with Crippen LogP contribution in [0.1, 0.15) is 64.7 Å². The minimum atomic E-state index is 0.957. The van der Waals surface area contributed by atoms with Crippen LogP contribution in [0.25, 0.3) is 0 Å². The van der Waals surface area contributed by atoms with Crippen molar-refractivity contribution < 1.29 is 0 Å². The summed E-state index contributed by atoms with van der Waals surface area (Å²) in [5.41, 5.74) is 1.71. The van der Waals surface area contributed by atoms with Crippen LogP contribution >= 0.6 is 0 Å². The van der Waals surface area contributed by atoms with Gasteiger partial charge in [-0.15, -0.1) is 0 Å². The molecule has 1 nitrogen and oxygen atoms in total. The third-order valence-electron chi connectivity index (χ3n) is 4.49. The van der Waals surface area contributed by atoms with Gasteiger partial charge in [-0.3, -0.25) is 0 Å². The molecular weight excluding hydrogens is 206 g/mol. The van der Waals surface area contributed by atoms with Gasteiger partial charge in [0.2, 0.25) is 0 Å². The average molecular weight is 235 g/mol. The van der Waals surface area contributed by atoms with Gasteiger partial charge in [-0.1, -0.05) is 31.4 Å². The summed E-state index contributed by atoms with van der Waals surface area (Å²) < 4.78 is 0. The van der Waals surface area contributed by atoms with E-state index in [0.29, 0.717) is 0 Å². The van der Waals surface area contributed by atoms with Crippen molar-refractivity contribution in [2.45, 2.75) is 64.7 Å². The zero-order valence-electron chi connectivity index (χ0n) is 11.5. The molecule has 0 aromatic carbocycles. The SMILES string of the molecule is CC1CCCC(CNCCC2=CCCCC2)C1. The minimum absolute atomic E-state index is 0.957. The van der Waals surface area contributed by atoms with Crippen molar-refractivity contribution in [3.05, 3.63) is 11.6 Å². The first-order valence-corrected chi connectivity index (χ1v) is 7.73. The Balaban J connectivity index is 1.55. The summed E-state index contributed by atoms with van der Waals surface area (Å²) in [4.78, 5) is 0. The molecule has 0 heterocycles. The van der Waals surface area contributed by atoms with Gasteiger partial charge in [0.05, 0.1) is 0 Å². The lowest BCUT2D eigenvalue weighted by molar-refractivity contribution is 0.275. The molecule has 0 aliphatic heterocycles. The molecule has 0 aromatic heterocycles. The number of allylic oxidation sites excluding steroid dienone is 1. The fourth-order valence-electron chi connectivity index (χ4n) is 3.43. The van der Waals surface area contributed by atoms with Crippen LogP contribution in [0.2, 0.25) is 0 Å². The lowest BCUT2D eigenvalue weighted by atomic mass is 9.82. The zero-order chi connectivity index (χ0) is 11.9. The van der Waals surface area contributed by atoms with Crippen molar-refractivity contribution in [2.75, 3.05) is 13.1 Å². The van der Waals surface area contributed by atoms with E-state index in [4.69, 9.17) is 0 Å². The molecule has 0 saturated heterocycles. The van der Waals surface area contributed by atoms with Gasteiger partial charge in [-0.05, 0) is 69.9 Å². The predicted octanol–water partition coefficient (Wildman–Crippen LogP) is 4.29. The fourth-order valence-corrected chi connectivity index (χ4v) is 3.43. The third kappa shape index (κ3) is 4.83. The zero-order valence-corrected chi connectivity index (χ0v) is 11.5. The molecule has 17 heavy (non-hydrogen) atoms. The van der Waals surface area contributed by atoms with Gasteiger partial charge >= 0.3 is 0 Å². The van der Waals surface area contributed by atoms with Crippen LogP contribution in [0.15, 0.2) is 11.6 Å². The summed E-state index contributed by atoms with van der Waals surface area (Å²) >= 11 is 0. The maximum Gasteiger partial charge on any atom is -0.00115 e. The van der Waals surface area contributed by atoms with Crippen LogP contribution in [0.5, 0.6) is 0 Å². The Labute approximate surface area is 107 Å². The van der Waals surface area contributed by atoms with E-state index in [2.05, 4.69) is 18.3 Å². The molecule has 2 aliphatic carbocycles. The molecule has 98 valence electrons. The van der Waals surface area contributed by atoms with E-state index < -0.39 is 0 Å². The second kappa shape index (κ2) is 7.20. The van der Waals surface area contributed by atoms with Gasteiger partial charge in [-0.25, -0.2) is 0 Å². The number of rotatable bonds is 5. The summed E-state index contributed by atoms with van der Waals surface area (Å²) in [5, 5.41) is 3.68. The first-order valence-electron chi connectivity index (χ1n) is 7.73. The normalized spacial score (nSPS) is 30.1. The quantitative estimate of drug-likeness (QED) is 0.553. The second-order valence-electron chi connectivity index (χ2n) is 6.20. The molecule has 2 unspecified atom stereocenters. The monoisotopic (exact) mass is 235 g/mol. The number of nitrogens with one attached hydrogen (secondary N) is 1. The lowest BCUT2D eigenvalue weighted by Gasteiger charge is -2.27. The van der Waals surface area contributed by atoms with Crippen molar-refractivity contribution in [2.24, 2.45) is 11.8 Å². The molecule has 0 aromatic rings. The Bertz CT molecular complexity index is 244. The highest BCUT2D eigenvalue weighted by molar-refractivity contribution is 5.05. The van der Waals surface area contributed by atoms with E-state index in [-0.39, 0.29) is 0 Å². The Morgan fingerprint density at radius 3 is 2.94 bits per heavy atom. The summed E-state index contributed by atoms with van der Waals surface area (Å²) in [7, 11) is 0. The molecule has 1 fully saturated rings. The maximum atomic E-state index is 3.68. The fraction of sp³-hybridized carbons (Fsp3) is 0.875. The van der Waals surface area contributed by atoms with Gasteiger partial charge in [-0.2, -0.15) is 0 Å². The van der Waals surface area contributed by atoms with E-state index in [1.165, 1.54) is 70.9 Å². The van der Waals surface area contributed by atoms with Crippen molar-refractivity contribution in [1.29, 1.82) is 0 Å². The van der Waals surface area contributed by atoms with E-state index >= 15 is 0 Å². The predicted molar refractivity (Wildman–Crippen MR) is 75.2 cm³/mol. The molecule has 2 rings (SSSR count). The van der Waals surface area contributed by atoms with Crippen LogP contribution in [0.3, 0.4) is 0 Å². The summed E-state index contributed by atoms with van der Waals surface area (Å²) in [5.74, 6) is 1.93. The largest absolute Gasteiger partial charge is 0.316 e. The van der Waals surface area contributed by atoms with Crippen LogP contribution in [0.4, 0.5) is 0 Å². The topological polar surface area (TPSA) is 12.0 Å². The minimum Gasteiger partial charge on any atom is -0.316 e. The van der Waals surface area contributed by atoms with Crippen LogP contribution < -0.4 is 5.32 Å². The highest BCUT2D eigenvalue weighted by atomic mass is 14.9. The summed E-state index contributed by atoms with van der Waals surface area (Å²) in [6.45, 7) is 4.88. The molecule has 1 saturated carbocycles. The highest BCUT2D eigenvalue weighted by Crippen LogP contribution is 2.28. The van der Waals surface area contributed by atoms with E-state index in [1.54, 1.807) is 5.57 Å². The van der Waals surface area contributed by atoms with Crippen molar-refractivity contribution in [1.82, 2.24) is 5.32 Å². The van der Waals surface area contributed by atoms with E-state index in [1.807, 2.05) is 0 Å². The highest BCUT2D eigenvalue weighted by Gasteiger charge is 2.18. The molecule has 0 spiro atoms. The summed E-state index contributed by atoms with van der Waals surface area (Å²) in [6.07, 6.45) is 15.1. The Morgan fingerprint density at radius 1 is 1.24 bits per heavy atom. The first kappa shape index (κ1) is 13.1. The van der Waals surface area contributed by atoms with E-state index in [9.17, 15) is 0 Å². The Hall–Kier alpha value is -0.300. The van der Waals surface area contributed by atoms with E-state index in [0.717, 1.165) is 11.8 Å². The van der Waals surface area contributed by atoms with Crippen LogP contribution in [0, 0.1) is 11.8 Å². The summed E-state index contributed by atoms with van der Waals surface area (Å²) in [6, 6.07) is 0. The van der Waals surface area contributed by atoms with Crippen LogP contribution in [-0.2, 0) is 0 Å². The number of hydrogen-bond donors (Lipinski definition) is 1. The molecule has 1 N–H and O–H groups in total. The molecule has 2 atom stereocenters. The van der Waals surface area contributed by atoms with Gasteiger partial charge in [0.1, 0.15) is 0 Å². The molecule has 0 bridgehead atoms. The maximum absolute atomic E-state index is 3.68. The number of hydrogen-bond acceptors (Lipinski definition) is 1. The molecule has 0 radical (unpaired) electrons. The molecule has 2 aliphatic rings. The molecule has 1 heteroatoms. The Kier molecular flexibility index (Phi) is 5.57. The van der Waals surface area contributed by atoms with Crippen LogP contribution in [-0.4, -0.2) is 13.1 Å². The molecule has 0 amide bonds. The molecular formula is C16H29N. The smallest absolute Gasteiger partial charge is 0.00115 e. The van der Waals surface area contributed by atoms with Gasteiger partial charge in [0, 0.05) is 0 Å². The third-order valence-corrected chi connectivity index (χ3v) is 4.49. The second-order valence-corrected chi connectivity index (χ2v) is 6.20. The van der Waals surface area contributed by atoms with Gasteiger partial charge in [0.25, 0.3) is 0 Å². The van der Waals surface area contributed by atoms with Crippen molar-refractivity contribution >= 4 is 0 Å². The standard InChI is InChI=1S/C16H29N/c1-14-6-5-9-16(12-14)13-17-11-10-15-7-3-2-4-8-15/h7,14,16-17H,2-6,8-13H2,1H3. The van der Waals surface area contributed by atoms with Gasteiger partial charge in [0.15, 0.2) is 0 Å².